The first-order valence-electron chi connectivity index (χ1n) is 9.59. The van der Waals surface area contributed by atoms with Gasteiger partial charge in [-0.25, -0.2) is 0 Å². The lowest BCUT2D eigenvalue weighted by atomic mass is 10.1. The molecule has 0 amide bonds. The Morgan fingerprint density at radius 2 is 1.04 bits per heavy atom. The lowest BCUT2D eigenvalue weighted by molar-refractivity contribution is -0.0711. The van der Waals surface area contributed by atoms with Crippen LogP contribution in [0.1, 0.15) is 38.8 Å². The zero-order valence-corrected chi connectivity index (χ0v) is 16.3. The summed E-state index contributed by atoms with van der Waals surface area (Å²) in [5.74, 6) is 0.498. The van der Waals surface area contributed by atoms with Crippen LogP contribution in [0.2, 0.25) is 0 Å². The van der Waals surface area contributed by atoms with Gasteiger partial charge in [-0.2, -0.15) is 0 Å². The summed E-state index contributed by atoms with van der Waals surface area (Å²) in [4.78, 5) is 4.52. The fourth-order valence-corrected chi connectivity index (χ4v) is 4.23. The normalized spacial score (nSPS) is 31.2. The fourth-order valence-electron chi connectivity index (χ4n) is 4.23. The second-order valence-electron chi connectivity index (χ2n) is 8.01. The van der Waals surface area contributed by atoms with E-state index in [1.807, 2.05) is 0 Å². The molecule has 4 atom stereocenters. The average Bonchev–Trinajstić information content (AvgIpc) is 2.50. The van der Waals surface area contributed by atoms with Gasteiger partial charge in [0.25, 0.3) is 0 Å². The van der Waals surface area contributed by atoms with Crippen molar-refractivity contribution in [2.75, 3.05) is 26.2 Å². The maximum Gasteiger partial charge on any atom is 0.120 e. The molecular formula is C20H32N2O4. The molecule has 0 unspecified atom stereocenters. The molecule has 6 nitrogen and oxygen atoms in total. The Balaban J connectivity index is 1.68. The third-order valence-corrected chi connectivity index (χ3v) is 5.06. The minimum absolute atomic E-state index is 0.180. The molecule has 6 heteroatoms. The molecule has 3 rings (SSSR count). The maximum atomic E-state index is 10.5. The number of nitrogens with zero attached hydrogens (tertiary/aromatic N) is 2. The number of rotatable bonds is 4. The third kappa shape index (κ3) is 4.88. The largest absolute Gasteiger partial charge is 0.508 e. The Morgan fingerprint density at radius 1 is 0.731 bits per heavy atom. The van der Waals surface area contributed by atoms with Gasteiger partial charge in [-0.1, -0.05) is 0 Å². The summed E-state index contributed by atoms with van der Waals surface area (Å²) in [6.45, 7) is 12.8. The van der Waals surface area contributed by atoms with E-state index in [4.69, 9.17) is 9.47 Å². The maximum absolute atomic E-state index is 10.5. The summed E-state index contributed by atoms with van der Waals surface area (Å²) in [6.07, 6.45) is 0.719. The van der Waals surface area contributed by atoms with Gasteiger partial charge in [0.1, 0.15) is 11.5 Å². The summed E-state index contributed by atoms with van der Waals surface area (Å²) < 4.78 is 11.5. The van der Waals surface area contributed by atoms with Gasteiger partial charge in [-0.15, -0.1) is 0 Å². The van der Waals surface area contributed by atoms with Crippen molar-refractivity contribution in [1.29, 1.82) is 0 Å². The van der Waals surface area contributed by atoms with E-state index in [9.17, 15) is 10.2 Å². The van der Waals surface area contributed by atoms with Gasteiger partial charge in [0.15, 0.2) is 0 Å². The summed E-state index contributed by atoms with van der Waals surface area (Å²) in [5.41, 5.74) is 1.52. The SMILES string of the molecule is C[C@@H]1CN(Cc2cc(O)c(CN3C[C@@H](C)O[C@@H](C)C3)cc2O)C[C@H](C)O1. The Labute approximate surface area is 156 Å². The zero-order valence-electron chi connectivity index (χ0n) is 16.3. The molecule has 1 aromatic carbocycles. The van der Waals surface area contributed by atoms with Crippen LogP contribution < -0.4 is 0 Å². The van der Waals surface area contributed by atoms with Crippen molar-refractivity contribution < 1.29 is 19.7 Å². The van der Waals surface area contributed by atoms with Gasteiger partial charge in [0, 0.05) is 50.4 Å². The highest BCUT2D eigenvalue weighted by atomic mass is 16.5. The van der Waals surface area contributed by atoms with E-state index >= 15 is 0 Å². The molecule has 0 spiro atoms. The van der Waals surface area contributed by atoms with Gasteiger partial charge < -0.3 is 19.7 Å². The zero-order chi connectivity index (χ0) is 18.8. The number of hydrogen-bond acceptors (Lipinski definition) is 6. The van der Waals surface area contributed by atoms with Crippen molar-refractivity contribution in [1.82, 2.24) is 9.80 Å². The molecule has 1 aromatic rings. The summed E-state index contributed by atoms with van der Waals surface area (Å²) in [5, 5.41) is 21.0. The molecule has 0 aromatic heterocycles. The van der Waals surface area contributed by atoms with Gasteiger partial charge in [-0.05, 0) is 39.8 Å². The molecule has 0 aliphatic carbocycles. The van der Waals surface area contributed by atoms with Crippen molar-refractivity contribution in [3.8, 4) is 11.5 Å². The molecule has 2 saturated heterocycles. The number of morpholine rings is 2. The standard InChI is InChI=1S/C20H32N2O4/c1-13-7-21(8-14(2)25-13)11-17-5-20(24)18(6-19(17)23)12-22-9-15(3)26-16(4)10-22/h5-6,13-16,23-24H,7-12H2,1-4H3/t13-,14+,15-,16+. The van der Waals surface area contributed by atoms with Crippen molar-refractivity contribution in [3.63, 3.8) is 0 Å². The summed E-state index contributed by atoms with van der Waals surface area (Å²) >= 11 is 0. The molecule has 26 heavy (non-hydrogen) atoms. The van der Waals surface area contributed by atoms with E-state index in [1.165, 1.54) is 0 Å². The molecule has 0 radical (unpaired) electrons. The van der Waals surface area contributed by atoms with Crippen LogP contribution in [-0.2, 0) is 22.6 Å². The predicted octanol–water partition coefficient (Wildman–Crippen LogP) is 2.32. The van der Waals surface area contributed by atoms with Gasteiger partial charge in [0.2, 0.25) is 0 Å². The molecule has 2 heterocycles. The Kier molecular flexibility index (Phi) is 6.07. The van der Waals surface area contributed by atoms with Gasteiger partial charge in [0.05, 0.1) is 24.4 Å². The highest BCUT2D eigenvalue weighted by Crippen LogP contribution is 2.30. The van der Waals surface area contributed by atoms with Crippen molar-refractivity contribution in [3.05, 3.63) is 23.3 Å². The average molecular weight is 364 g/mol. The molecule has 146 valence electrons. The second-order valence-corrected chi connectivity index (χ2v) is 8.01. The lowest BCUT2D eigenvalue weighted by Gasteiger charge is -2.36. The first-order valence-corrected chi connectivity index (χ1v) is 9.59. The molecule has 0 saturated carbocycles. The smallest absolute Gasteiger partial charge is 0.120 e. The van der Waals surface area contributed by atoms with E-state index in [0.717, 1.165) is 37.3 Å². The highest BCUT2D eigenvalue weighted by Gasteiger charge is 2.25. The predicted molar refractivity (Wildman–Crippen MR) is 100 cm³/mol. The van der Waals surface area contributed by atoms with E-state index in [1.54, 1.807) is 12.1 Å². The first-order chi connectivity index (χ1) is 12.3. The minimum atomic E-state index is 0.180. The van der Waals surface area contributed by atoms with Crippen molar-refractivity contribution in [2.45, 2.75) is 65.2 Å². The van der Waals surface area contributed by atoms with E-state index in [0.29, 0.717) is 13.1 Å². The van der Waals surface area contributed by atoms with Crippen LogP contribution in [0.25, 0.3) is 0 Å². The Bertz CT molecular complexity index is 550. The number of aromatic hydroxyl groups is 2. The minimum Gasteiger partial charge on any atom is -0.508 e. The molecular weight excluding hydrogens is 332 g/mol. The number of hydrogen-bond donors (Lipinski definition) is 2. The van der Waals surface area contributed by atoms with Crippen molar-refractivity contribution >= 4 is 0 Å². The monoisotopic (exact) mass is 364 g/mol. The molecule has 2 N–H and O–H groups in total. The van der Waals surface area contributed by atoms with E-state index in [2.05, 4.69) is 37.5 Å². The van der Waals surface area contributed by atoms with Crippen LogP contribution in [0.15, 0.2) is 12.1 Å². The second kappa shape index (κ2) is 8.13. The molecule has 2 fully saturated rings. The lowest BCUT2D eigenvalue weighted by Crippen LogP contribution is -2.45. The van der Waals surface area contributed by atoms with Crippen LogP contribution in [-0.4, -0.2) is 70.6 Å². The Hall–Kier alpha value is -1.34. The third-order valence-electron chi connectivity index (χ3n) is 5.06. The van der Waals surface area contributed by atoms with E-state index < -0.39 is 0 Å². The molecule has 2 aliphatic heterocycles. The van der Waals surface area contributed by atoms with E-state index in [-0.39, 0.29) is 35.9 Å². The molecule has 2 aliphatic rings. The molecule has 0 bridgehead atoms. The first kappa shape index (κ1) is 19.4. The van der Waals surface area contributed by atoms with Gasteiger partial charge >= 0.3 is 0 Å². The quantitative estimate of drug-likeness (QED) is 0.800. The number of benzene rings is 1. The Morgan fingerprint density at radius 3 is 1.35 bits per heavy atom. The number of phenolic OH excluding ortho intramolecular Hbond substituents is 2. The van der Waals surface area contributed by atoms with Crippen LogP contribution in [0.5, 0.6) is 11.5 Å². The van der Waals surface area contributed by atoms with Crippen LogP contribution in [0.3, 0.4) is 0 Å². The fraction of sp³-hybridized carbons (Fsp3) is 0.700. The number of phenols is 2. The van der Waals surface area contributed by atoms with Gasteiger partial charge in [-0.3, -0.25) is 9.80 Å². The van der Waals surface area contributed by atoms with Crippen LogP contribution in [0.4, 0.5) is 0 Å². The summed E-state index contributed by atoms with van der Waals surface area (Å²) in [7, 11) is 0. The topological polar surface area (TPSA) is 65.4 Å². The van der Waals surface area contributed by atoms with Crippen molar-refractivity contribution in [2.24, 2.45) is 0 Å². The number of ether oxygens (including phenoxy) is 2. The van der Waals surface area contributed by atoms with Crippen LogP contribution in [0, 0.1) is 0 Å². The van der Waals surface area contributed by atoms with Crippen LogP contribution >= 0.6 is 0 Å². The highest BCUT2D eigenvalue weighted by molar-refractivity contribution is 5.45. The summed E-state index contributed by atoms with van der Waals surface area (Å²) in [6, 6.07) is 3.42.